The zero-order chi connectivity index (χ0) is 23.3. The highest BCUT2D eigenvalue weighted by Gasteiger charge is 2.35. The van der Waals surface area contributed by atoms with E-state index in [1.54, 1.807) is 12.1 Å². The summed E-state index contributed by atoms with van der Waals surface area (Å²) in [6.07, 6.45) is 2.65. The van der Waals surface area contributed by atoms with Crippen molar-refractivity contribution in [1.29, 1.82) is 5.26 Å². The van der Waals surface area contributed by atoms with Crippen LogP contribution in [0.4, 0.5) is 0 Å². The molecule has 0 saturated heterocycles. The number of benzene rings is 2. The number of hydrogen-bond donors (Lipinski definition) is 0. The lowest BCUT2D eigenvalue weighted by Gasteiger charge is -2.19. The van der Waals surface area contributed by atoms with Crippen LogP contribution < -0.4 is 0 Å². The van der Waals surface area contributed by atoms with Crippen molar-refractivity contribution in [3.8, 4) is 6.07 Å². The Morgan fingerprint density at radius 1 is 1.00 bits per heavy atom. The van der Waals surface area contributed by atoms with Crippen LogP contribution in [-0.4, -0.2) is 24.4 Å². The standard InChI is InChI=1S/C26H18N2O4S/c1-16-20(9-6-13-27)28-14-5-4-8-21(28)24(16)25(29)17-11-12-19-23(15-17)33(31,32)22-10-3-2-7-18(22)26(19)30/h2-5,7-8,10-12,14-15H,6,9H2,1H3. The van der Waals surface area contributed by atoms with Crippen molar-refractivity contribution >= 4 is 26.9 Å². The quantitative estimate of drug-likeness (QED) is 0.377. The molecule has 0 fully saturated rings. The van der Waals surface area contributed by atoms with E-state index in [0.717, 1.165) is 11.3 Å². The first-order valence-electron chi connectivity index (χ1n) is 10.4. The maximum Gasteiger partial charge on any atom is 0.208 e. The van der Waals surface area contributed by atoms with E-state index >= 15 is 0 Å². The van der Waals surface area contributed by atoms with Gasteiger partial charge in [0.2, 0.25) is 9.84 Å². The van der Waals surface area contributed by atoms with Gasteiger partial charge in [0, 0.05) is 41.4 Å². The molecule has 0 unspecified atom stereocenters. The number of rotatable bonds is 4. The number of carbonyl (C=O) groups excluding carboxylic acids is 2. The summed E-state index contributed by atoms with van der Waals surface area (Å²) in [6.45, 7) is 1.84. The Hall–Kier alpha value is -4.02. The predicted molar refractivity (Wildman–Crippen MR) is 121 cm³/mol. The molecule has 6 nitrogen and oxygen atoms in total. The van der Waals surface area contributed by atoms with Gasteiger partial charge in [-0.2, -0.15) is 5.26 Å². The number of pyridine rings is 1. The molecule has 7 heteroatoms. The normalized spacial score (nSPS) is 13.9. The van der Waals surface area contributed by atoms with E-state index in [-0.39, 0.29) is 38.0 Å². The Morgan fingerprint density at radius 3 is 2.52 bits per heavy atom. The molecule has 4 aromatic rings. The van der Waals surface area contributed by atoms with E-state index in [9.17, 15) is 18.0 Å². The second-order valence-electron chi connectivity index (χ2n) is 7.93. The molecule has 2 aromatic heterocycles. The van der Waals surface area contributed by atoms with Crippen LogP contribution in [0, 0.1) is 18.3 Å². The van der Waals surface area contributed by atoms with Gasteiger partial charge >= 0.3 is 0 Å². The number of fused-ring (bicyclic) bond motifs is 3. The topological polar surface area (TPSA) is 96.5 Å². The molecule has 0 spiro atoms. The summed E-state index contributed by atoms with van der Waals surface area (Å²) < 4.78 is 28.4. The Labute approximate surface area is 190 Å². The number of aromatic nitrogens is 1. The van der Waals surface area contributed by atoms with Crippen molar-refractivity contribution in [3.05, 3.63) is 100 Å². The molecule has 0 bridgehead atoms. The molecule has 0 atom stereocenters. The highest BCUT2D eigenvalue weighted by molar-refractivity contribution is 7.91. The lowest BCUT2D eigenvalue weighted by molar-refractivity contribution is 0.102. The highest BCUT2D eigenvalue weighted by Crippen LogP contribution is 2.36. The Kier molecular flexibility index (Phi) is 4.76. The number of sulfone groups is 1. The maximum atomic E-state index is 13.6. The lowest BCUT2D eigenvalue weighted by atomic mass is 9.96. The van der Waals surface area contributed by atoms with Crippen molar-refractivity contribution in [1.82, 2.24) is 4.40 Å². The molecule has 33 heavy (non-hydrogen) atoms. The van der Waals surface area contributed by atoms with Crippen molar-refractivity contribution in [2.45, 2.75) is 29.6 Å². The third-order valence-electron chi connectivity index (χ3n) is 6.11. The van der Waals surface area contributed by atoms with Crippen LogP contribution in [0.5, 0.6) is 0 Å². The predicted octanol–water partition coefficient (Wildman–Crippen LogP) is 4.31. The van der Waals surface area contributed by atoms with Crippen LogP contribution in [0.15, 0.2) is 76.7 Å². The fraction of sp³-hybridized carbons (Fsp3) is 0.115. The minimum absolute atomic E-state index is 0.0450. The second kappa shape index (κ2) is 7.54. The lowest BCUT2D eigenvalue weighted by Crippen LogP contribution is -2.21. The van der Waals surface area contributed by atoms with Gasteiger partial charge in [-0.1, -0.05) is 24.3 Å². The maximum absolute atomic E-state index is 13.6. The fourth-order valence-electron chi connectivity index (χ4n) is 4.54. The van der Waals surface area contributed by atoms with Crippen molar-refractivity contribution in [3.63, 3.8) is 0 Å². The summed E-state index contributed by atoms with van der Waals surface area (Å²) in [5, 5.41) is 9.03. The molecule has 0 N–H and O–H groups in total. The molecule has 0 aliphatic carbocycles. The van der Waals surface area contributed by atoms with Crippen LogP contribution in [-0.2, 0) is 16.3 Å². The number of ketones is 2. The number of nitriles is 1. The first-order valence-corrected chi connectivity index (χ1v) is 11.9. The highest BCUT2D eigenvalue weighted by atomic mass is 32.2. The molecule has 0 radical (unpaired) electrons. The molecule has 1 aliphatic rings. The van der Waals surface area contributed by atoms with Crippen LogP contribution in [0.1, 0.15) is 49.5 Å². The van der Waals surface area contributed by atoms with E-state index in [1.165, 1.54) is 30.3 Å². The van der Waals surface area contributed by atoms with Crippen LogP contribution >= 0.6 is 0 Å². The summed E-state index contributed by atoms with van der Waals surface area (Å²) in [5.41, 5.74) is 3.17. The van der Waals surface area contributed by atoms with E-state index in [1.807, 2.05) is 35.7 Å². The molecule has 1 aliphatic heterocycles. The van der Waals surface area contributed by atoms with Crippen LogP contribution in [0.3, 0.4) is 0 Å². The van der Waals surface area contributed by atoms with E-state index < -0.39 is 9.84 Å². The van der Waals surface area contributed by atoms with Crippen LogP contribution in [0.25, 0.3) is 5.52 Å². The van der Waals surface area contributed by atoms with E-state index in [2.05, 4.69) is 6.07 Å². The van der Waals surface area contributed by atoms with Gasteiger partial charge in [0.1, 0.15) is 0 Å². The summed E-state index contributed by atoms with van der Waals surface area (Å²) in [6, 6.07) is 18.0. The van der Waals surface area contributed by atoms with Gasteiger partial charge in [-0.25, -0.2) is 8.42 Å². The molecule has 162 valence electrons. The van der Waals surface area contributed by atoms with Crippen molar-refractivity contribution in [2.24, 2.45) is 0 Å². The fourth-order valence-corrected chi connectivity index (χ4v) is 6.22. The minimum Gasteiger partial charge on any atom is -0.320 e. The second-order valence-corrected chi connectivity index (χ2v) is 9.82. The van der Waals surface area contributed by atoms with Gasteiger partial charge < -0.3 is 4.40 Å². The molecule has 0 saturated carbocycles. The van der Waals surface area contributed by atoms with Gasteiger partial charge in [-0.15, -0.1) is 0 Å². The Bertz CT molecular complexity index is 1640. The average molecular weight is 455 g/mol. The third kappa shape index (κ3) is 3.03. The minimum atomic E-state index is -3.95. The summed E-state index contributed by atoms with van der Waals surface area (Å²) in [4.78, 5) is 26.3. The monoisotopic (exact) mass is 454 g/mol. The largest absolute Gasteiger partial charge is 0.320 e. The molecule has 0 amide bonds. The number of aryl methyl sites for hydroxylation is 1. The van der Waals surface area contributed by atoms with E-state index in [0.29, 0.717) is 23.9 Å². The number of carbonyl (C=O) groups is 2. The smallest absolute Gasteiger partial charge is 0.208 e. The summed E-state index contributed by atoms with van der Waals surface area (Å²) >= 11 is 0. The average Bonchev–Trinajstić information content (AvgIpc) is 3.11. The van der Waals surface area contributed by atoms with Crippen molar-refractivity contribution < 1.29 is 18.0 Å². The van der Waals surface area contributed by atoms with Crippen molar-refractivity contribution in [2.75, 3.05) is 0 Å². The van der Waals surface area contributed by atoms with Gasteiger partial charge in [-0.05, 0) is 48.9 Å². The zero-order valence-corrected chi connectivity index (χ0v) is 18.5. The number of hydrogen-bond acceptors (Lipinski definition) is 5. The van der Waals surface area contributed by atoms with Gasteiger partial charge in [0.15, 0.2) is 11.6 Å². The van der Waals surface area contributed by atoms with Gasteiger partial charge in [0.25, 0.3) is 0 Å². The van der Waals surface area contributed by atoms with E-state index in [4.69, 9.17) is 5.26 Å². The van der Waals surface area contributed by atoms with Gasteiger partial charge in [0.05, 0.1) is 26.9 Å². The summed E-state index contributed by atoms with van der Waals surface area (Å²) in [5.74, 6) is -0.706. The zero-order valence-electron chi connectivity index (χ0n) is 17.7. The molecule has 5 rings (SSSR count). The summed E-state index contributed by atoms with van der Waals surface area (Å²) in [7, 11) is -3.95. The first kappa shape index (κ1) is 20.9. The first-order chi connectivity index (χ1) is 15.9. The van der Waals surface area contributed by atoms with Crippen LogP contribution in [0.2, 0.25) is 0 Å². The third-order valence-corrected chi connectivity index (χ3v) is 7.97. The Balaban J connectivity index is 1.68. The SMILES string of the molecule is Cc1c(C(=O)c2ccc3c(c2)S(=O)(=O)c2ccccc2C3=O)c2ccccn2c1CCC#N. The molecular weight excluding hydrogens is 436 g/mol. The molecular formula is C26H18N2O4S. The number of nitrogens with zero attached hydrogens (tertiary/aromatic N) is 2. The van der Waals surface area contributed by atoms with Gasteiger partial charge in [-0.3, -0.25) is 9.59 Å². The molecule has 2 aromatic carbocycles. The molecule has 3 heterocycles. The Morgan fingerprint density at radius 2 is 1.73 bits per heavy atom.